The lowest BCUT2D eigenvalue weighted by molar-refractivity contribution is 0.0954. The molecule has 3 N–H and O–H groups in total. The minimum Gasteiger partial charge on any atom is -0.508 e. The molecular weight excluding hydrogens is 430 g/mol. The lowest BCUT2D eigenvalue weighted by Crippen LogP contribution is -2.25. The number of phenols is 1. The number of carbonyl (C=O) groups is 1. The SMILES string of the molecule is Cc1cnc(Nc2ccc3c(c2)CCO3)nc1-n1ccc(C(=O)NCCc2ccccc2O)c1. The molecule has 1 aliphatic heterocycles. The summed E-state index contributed by atoms with van der Waals surface area (Å²) in [6.07, 6.45) is 6.76. The van der Waals surface area contributed by atoms with Gasteiger partial charge in [-0.05, 0) is 54.8 Å². The van der Waals surface area contributed by atoms with E-state index in [-0.39, 0.29) is 11.7 Å². The maximum Gasteiger partial charge on any atom is 0.252 e. The molecule has 4 aromatic rings. The van der Waals surface area contributed by atoms with Crippen LogP contribution in [-0.4, -0.2) is 38.7 Å². The molecular formula is C26H25N5O3. The number of nitrogens with zero attached hydrogens (tertiary/aromatic N) is 3. The molecule has 1 aliphatic rings. The molecule has 34 heavy (non-hydrogen) atoms. The average Bonchev–Trinajstić information content (AvgIpc) is 3.51. The zero-order valence-electron chi connectivity index (χ0n) is 18.8. The predicted molar refractivity (Wildman–Crippen MR) is 129 cm³/mol. The van der Waals surface area contributed by atoms with E-state index in [1.807, 2.05) is 42.0 Å². The number of aromatic hydroxyl groups is 1. The van der Waals surface area contributed by atoms with Crippen LogP contribution in [-0.2, 0) is 12.8 Å². The first-order chi connectivity index (χ1) is 16.6. The second-order valence-electron chi connectivity index (χ2n) is 8.19. The van der Waals surface area contributed by atoms with Crippen LogP contribution in [0.1, 0.15) is 27.0 Å². The Morgan fingerprint density at radius 1 is 1.21 bits per heavy atom. The van der Waals surface area contributed by atoms with Crippen molar-refractivity contribution in [3.05, 3.63) is 89.4 Å². The molecule has 5 rings (SSSR count). The number of para-hydroxylation sites is 1. The summed E-state index contributed by atoms with van der Waals surface area (Å²) in [5.74, 6) is 2.14. The van der Waals surface area contributed by atoms with Crippen LogP contribution in [0.2, 0.25) is 0 Å². The standard InChI is InChI=1S/C26H25N5O3/c1-17-15-28-26(29-21-6-7-23-19(14-21)10-13-34-23)30-24(17)31-12-9-20(16-31)25(33)27-11-8-18-4-2-3-5-22(18)32/h2-7,9,12,14-16,32H,8,10-11,13H2,1H3,(H,27,33)(H,28,29,30). The smallest absolute Gasteiger partial charge is 0.252 e. The zero-order valence-corrected chi connectivity index (χ0v) is 18.8. The number of rotatable bonds is 7. The van der Waals surface area contributed by atoms with E-state index in [1.54, 1.807) is 30.6 Å². The first-order valence-electron chi connectivity index (χ1n) is 11.2. The fourth-order valence-corrected chi connectivity index (χ4v) is 3.95. The van der Waals surface area contributed by atoms with Crippen LogP contribution in [0.25, 0.3) is 5.82 Å². The van der Waals surface area contributed by atoms with E-state index in [1.165, 1.54) is 5.56 Å². The molecule has 172 valence electrons. The quantitative estimate of drug-likeness (QED) is 0.390. The fraction of sp³-hybridized carbons (Fsp3) is 0.192. The Bertz CT molecular complexity index is 1350. The molecule has 0 saturated heterocycles. The van der Waals surface area contributed by atoms with Gasteiger partial charge < -0.3 is 25.0 Å². The van der Waals surface area contributed by atoms with Gasteiger partial charge in [-0.2, -0.15) is 4.98 Å². The third-order valence-corrected chi connectivity index (χ3v) is 5.76. The highest BCUT2D eigenvalue weighted by Gasteiger charge is 2.14. The van der Waals surface area contributed by atoms with Gasteiger partial charge in [-0.3, -0.25) is 4.79 Å². The van der Waals surface area contributed by atoms with Crippen LogP contribution in [0, 0.1) is 6.92 Å². The van der Waals surface area contributed by atoms with Crippen LogP contribution < -0.4 is 15.4 Å². The lowest BCUT2D eigenvalue weighted by atomic mass is 10.1. The van der Waals surface area contributed by atoms with Gasteiger partial charge in [0.25, 0.3) is 5.91 Å². The van der Waals surface area contributed by atoms with E-state index < -0.39 is 0 Å². The number of aromatic nitrogens is 3. The molecule has 1 amide bonds. The molecule has 0 atom stereocenters. The fourth-order valence-electron chi connectivity index (χ4n) is 3.95. The molecule has 0 unspecified atom stereocenters. The summed E-state index contributed by atoms with van der Waals surface area (Å²) in [4.78, 5) is 21.7. The van der Waals surface area contributed by atoms with Crippen molar-refractivity contribution in [1.29, 1.82) is 0 Å². The highest BCUT2D eigenvalue weighted by molar-refractivity contribution is 5.94. The van der Waals surface area contributed by atoms with E-state index in [0.29, 0.717) is 36.9 Å². The van der Waals surface area contributed by atoms with E-state index in [0.717, 1.165) is 29.0 Å². The largest absolute Gasteiger partial charge is 0.508 e. The zero-order chi connectivity index (χ0) is 23.5. The number of ether oxygens (including phenoxy) is 1. The molecule has 8 nitrogen and oxygen atoms in total. The number of hydrogen-bond donors (Lipinski definition) is 3. The first kappa shape index (κ1) is 21.5. The molecule has 0 spiro atoms. The molecule has 3 heterocycles. The minimum atomic E-state index is -0.181. The molecule has 0 fully saturated rings. The van der Waals surface area contributed by atoms with Crippen LogP contribution in [0.3, 0.4) is 0 Å². The maximum absolute atomic E-state index is 12.6. The molecule has 2 aromatic heterocycles. The second kappa shape index (κ2) is 9.27. The third kappa shape index (κ3) is 4.56. The number of benzene rings is 2. The van der Waals surface area contributed by atoms with E-state index in [2.05, 4.69) is 26.7 Å². The van der Waals surface area contributed by atoms with Gasteiger partial charge in [0.2, 0.25) is 5.95 Å². The molecule has 0 saturated carbocycles. The van der Waals surface area contributed by atoms with Crippen LogP contribution >= 0.6 is 0 Å². The van der Waals surface area contributed by atoms with Crippen molar-refractivity contribution in [2.45, 2.75) is 19.8 Å². The second-order valence-corrected chi connectivity index (χ2v) is 8.19. The van der Waals surface area contributed by atoms with Crippen LogP contribution in [0.15, 0.2) is 67.1 Å². The minimum absolute atomic E-state index is 0.181. The van der Waals surface area contributed by atoms with Gasteiger partial charge in [-0.25, -0.2) is 4.98 Å². The highest BCUT2D eigenvalue weighted by atomic mass is 16.5. The number of aryl methyl sites for hydroxylation is 1. The number of hydrogen-bond acceptors (Lipinski definition) is 6. The van der Waals surface area contributed by atoms with Crippen molar-refractivity contribution < 1.29 is 14.6 Å². The molecule has 8 heteroatoms. The van der Waals surface area contributed by atoms with E-state index in [9.17, 15) is 9.90 Å². The van der Waals surface area contributed by atoms with Crippen molar-refractivity contribution in [2.75, 3.05) is 18.5 Å². The summed E-state index contributed by atoms with van der Waals surface area (Å²) in [7, 11) is 0. The number of phenolic OH excluding ortho intramolecular Hbond substituents is 1. The summed E-state index contributed by atoms with van der Waals surface area (Å²) in [6.45, 7) is 3.06. The first-order valence-corrected chi connectivity index (χ1v) is 11.2. The topological polar surface area (TPSA) is 101 Å². The monoisotopic (exact) mass is 455 g/mol. The Hall–Kier alpha value is -4.33. The Labute approximate surface area is 197 Å². The number of fused-ring (bicyclic) bond motifs is 1. The number of anilines is 2. The molecule has 0 bridgehead atoms. The van der Waals surface area contributed by atoms with Gasteiger partial charge in [0.15, 0.2) is 0 Å². The van der Waals surface area contributed by atoms with Gasteiger partial charge in [-0.1, -0.05) is 18.2 Å². The van der Waals surface area contributed by atoms with Crippen molar-refractivity contribution in [1.82, 2.24) is 19.9 Å². The van der Waals surface area contributed by atoms with Crippen molar-refractivity contribution in [2.24, 2.45) is 0 Å². The van der Waals surface area contributed by atoms with E-state index in [4.69, 9.17) is 4.74 Å². The van der Waals surface area contributed by atoms with Crippen LogP contribution in [0.4, 0.5) is 11.6 Å². The van der Waals surface area contributed by atoms with Crippen molar-refractivity contribution in [3.8, 4) is 17.3 Å². The van der Waals surface area contributed by atoms with Gasteiger partial charge in [0, 0.05) is 42.8 Å². The highest BCUT2D eigenvalue weighted by Crippen LogP contribution is 2.29. The Balaban J connectivity index is 1.26. The Morgan fingerprint density at radius 2 is 2.09 bits per heavy atom. The van der Waals surface area contributed by atoms with Gasteiger partial charge in [0.05, 0.1) is 12.2 Å². The van der Waals surface area contributed by atoms with E-state index >= 15 is 0 Å². The summed E-state index contributed by atoms with van der Waals surface area (Å²) in [6, 6.07) is 14.8. The van der Waals surface area contributed by atoms with Crippen LogP contribution in [0.5, 0.6) is 11.5 Å². The summed E-state index contributed by atoms with van der Waals surface area (Å²) >= 11 is 0. The molecule has 2 aromatic carbocycles. The van der Waals surface area contributed by atoms with Gasteiger partial charge >= 0.3 is 0 Å². The normalized spacial score (nSPS) is 12.1. The number of carbonyl (C=O) groups excluding carboxylic acids is 1. The summed E-state index contributed by atoms with van der Waals surface area (Å²) in [5, 5.41) is 16.0. The predicted octanol–water partition coefficient (Wildman–Crippen LogP) is 3.93. The van der Waals surface area contributed by atoms with Crippen molar-refractivity contribution in [3.63, 3.8) is 0 Å². The lowest BCUT2D eigenvalue weighted by Gasteiger charge is -2.10. The van der Waals surface area contributed by atoms with Gasteiger partial charge in [0.1, 0.15) is 17.3 Å². The average molecular weight is 456 g/mol. The summed E-state index contributed by atoms with van der Waals surface area (Å²) < 4.78 is 7.38. The summed E-state index contributed by atoms with van der Waals surface area (Å²) in [5.41, 5.74) is 4.28. The molecule has 0 aliphatic carbocycles. The third-order valence-electron chi connectivity index (χ3n) is 5.76. The maximum atomic E-state index is 12.6. The van der Waals surface area contributed by atoms with Gasteiger partial charge in [-0.15, -0.1) is 0 Å². The Kier molecular flexibility index (Phi) is 5.86. The van der Waals surface area contributed by atoms with Crippen molar-refractivity contribution >= 4 is 17.5 Å². The molecule has 0 radical (unpaired) electrons. The Morgan fingerprint density at radius 3 is 2.97 bits per heavy atom. The number of amides is 1. The number of nitrogens with one attached hydrogen (secondary N) is 2.